The molecule has 0 atom stereocenters. The zero-order chi connectivity index (χ0) is 27.7. The maximum absolute atomic E-state index is 13.6. The number of aryl methyl sites for hydroxylation is 3. The lowest BCUT2D eigenvalue weighted by molar-refractivity contribution is -0.130. The summed E-state index contributed by atoms with van der Waals surface area (Å²) < 4.78 is 55.8. The Balaban J connectivity index is 1.54. The summed E-state index contributed by atoms with van der Waals surface area (Å²) in [7, 11) is -7.78. The largest absolute Gasteiger partial charge is 0.338 e. The van der Waals surface area contributed by atoms with Crippen molar-refractivity contribution in [3.8, 4) is 0 Å². The molecule has 38 heavy (non-hydrogen) atoms. The molecule has 0 unspecified atom stereocenters. The predicted octanol–water partition coefficient (Wildman–Crippen LogP) is 3.99. The van der Waals surface area contributed by atoms with Gasteiger partial charge in [0.15, 0.2) is 0 Å². The lowest BCUT2D eigenvalue weighted by Crippen LogP contribution is -2.53. The van der Waals surface area contributed by atoms with E-state index in [1.807, 2.05) is 13.8 Å². The number of amides is 1. The molecule has 0 N–H and O–H groups in total. The Kier molecular flexibility index (Phi) is 8.17. The van der Waals surface area contributed by atoms with E-state index in [0.29, 0.717) is 5.02 Å². The van der Waals surface area contributed by atoms with E-state index < -0.39 is 32.5 Å². The Hall–Kier alpha value is -2.92. The Morgan fingerprint density at radius 1 is 0.789 bits per heavy atom. The number of rotatable bonds is 7. The minimum atomic E-state index is -4.09. The van der Waals surface area contributed by atoms with Crippen molar-refractivity contribution in [1.82, 2.24) is 9.21 Å². The van der Waals surface area contributed by atoms with Crippen LogP contribution in [0.5, 0.6) is 0 Å². The fourth-order valence-electron chi connectivity index (χ4n) is 4.15. The van der Waals surface area contributed by atoms with E-state index >= 15 is 0 Å². The highest BCUT2D eigenvalue weighted by molar-refractivity contribution is 7.92. The van der Waals surface area contributed by atoms with Gasteiger partial charge < -0.3 is 4.90 Å². The summed E-state index contributed by atoms with van der Waals surface area (Å²) in [6.45, 7) is 5.63. The number of sulfonamides is 2. The third-order valence-electron chi connectivity index (χ3n) is 6.58. The number of halogens is 1. The van der Waals surface area contributed by atoms with Crippen LogP contribution in [0.3, 0.4) is 0 Å². The fourth-order valence-corrected chi connectivity index (χ4v) is 7.15. The summed E-state index contributed by atoms with van der Waals surface area (Å²) in [6, 6.07) is 17.9. The zero-order valence-electron chi connectivity index (χ0n) is 21.5. The van der Waals surface area contributed by atoms with Gasteiger partial charge in [-0.3, -0.25) is 9.10 Å². The number of carbonyl (C=O) groups excluding carboxylic acids is 1. The first kappa shape index (κ1) is 28.1. The molecule has 202 valence electrons. The molecule has 0 radical (unpaired) electrons. The van der Waals surface area contributed by atoms with Crippen LogP contribution in [0.25, 0.3) is 0 Å². The van der Waals surface area contributed by atoms with Gasteiger partial charge in [0.2, 0.25) is 15.9 Å². The van der Waals surface area contributed by atoms with Crippen LogP contribution in [0.1, 0.15) is 16.7 Å². The van der Waals surface area contributed by atoms with E-state index in [1.165, 1.54) is 27.4 Å². The van der Waals surface area contributed by atoms with Gasteiger partial charge in [0.1, 0.15) is 6.54 Å². The maximum Gasteiger partial charge on any atom is 0.264 e. The van der Waals surface area contributed by atoms with E-state index in [2.05, 4.69) is 0 Å². The van der Waals surface area contributed by atoms with Gasteiger partial charge in [-0.15, -0.1) is 0 Å². The van der Waals surface area contributed by atoms with Crippen LogP contribution < -0.4 is 4.31 Å². The minimum Gasteiger partial charge on any atom is -0.338 e. The maximum atomic E-state index is 13.6. The number of hydrogen-bond acceptors (Lipinski definition) is 5. The van der Waals surface area contributed by atoms with Crippen molar-refractivity contribution in [2.75, 3.05) is 37.0 Å². The lowest BCUT2D eigenvalue weighted by Gasteiger charge is -2.35. The SMILES string of the molecule is Cc1ccc(S(=O)(=O)N2CCN(C(=O)CN(c3ccc(C)c(Cl)c3)S(=O)(=O)c3ccc(C)cc3)CC2)cc1. The Labute approximate surface area is 229 Å². The molecular weight excluding hydrogens is 546 g/mol. The quantitative estimate of drug-likeness (QED) is 0.424. The van der Waals surface area contributed by atoms with Crippen molar-refractivity contribution in [1.29, 1.82) is 0 Å². The normalized spacial score (nSPS) is 14.9. The molecule has 0 aromatic heterocycles. The smallest absolute Gasteiger partial charge is 0.264 e. The van der Waals surface area contributed by atoms with Gasteiger partial charge in [-0.1, -0.05) is 53.1 Å². The van der Waals surface area contributed by atoms with Gasteiger partial charge in [-0.05, 0) is 62.7 Å². The second kappa shape index (κ2) is 11.1. The second-order valence-electron chi connectivity index (χ2n) is 9.36. The Bertz CT molecular complexity index is 1530. The summed E-state index contributed by atoms with van der Waals surface area (Å²) in [5.41, 5.74) is 2.92. The molecule has 3 aromatic carbocycles. The van der Waals surface area contributed by atoms with Gasteiger partial charge in [-0.25, -0.2) is 16.8 Å². The molecule has 3 aromatic rings. The van der Waals surface area contributed by atoms with Crippen molar-refractivity contribution in [3.63, 3.8) is 0 Å². The van der Waals surface area contributed by atoms with Crippen LogP contribution in [-0.2, 0) is 24.8 Å². The fraction of sp³-hybridized carbons (Fsp3) is 0.296. The number of hydrogen-bond donors (Lipinski definition) is 0. The van der Waals surface area contributed by atoms with E-state index in [4.69, 9.17) is 11.6 Å². The molecule has 4 rings (SSSR count). The molecule has 1 fully saturated rings. The molecule has 11 heteroatoms. The van der Waals surface area contributed by atoms with Crippen molar-refractivity contribution < 1.29 is 21.6 Å². The van der Waals surface area contributed by atoms with Crippen LogP contribution in [0, 0.1) is 20.8 Å². The van der Waals surface area contributed by atoms with Crippen LogP contribution >= 0.6 is 11.6 Å². The molecule has 1 heterocycles. The first-order valence-corrected chi connectivity index (χ1v) is 15.4. The summed E-state index contributed by atoms with van der Waals surface area (Å²) in [5, 5.41) is 0.383. The lowest BCUT2D eigenvalue weighted by atomic mass is 10.2. The van der Waals surface area contributed by atoms with Gasteiger partial charge in [-0.2, -0.15) is 4.31 Å². The highest BCUT2D eigenvalue weighted by atomic mass is 35.5. The molecule has 1 aliphatic rings. The first-order chi connectivity index (χ1) is 17.9. The molecule has 8 nitrogen and oxygen atoms in total. The average molecular weight is 576 g/mol. The Morgan fingerprint density at radius 2 is 1.32 bits per heavy atom. The molecule has 1 amide bonds. The van der Waals surface area contributed by atoms with E-state index in [9.17, 15) is 21.6 Å². The summed E-state index contributed by atoms with van der Waals surface area (Å²) >= 11 is 6.30. The number of carbonyl (C=O) groups is 1. The molecule has 1 aliphatic heterocycles. The standard InChI is InChI=1S/C27H30ClN3O5S2/c1-20-4-10-24(11-5-20)37(33,34)30-16-14-29(15-17-30)27(32)19-31(23-9-8-22(3)26(28)18-23)38(35,36)25-12-6-21(2)7-13-25/h4-13,18H,14-17,19H2,1-3H3. The minimum absolute atomic E-state index is 0.0570. The number of nitrogens with zero attached hydrogens (tertiary/aromatic N) is 3. The number of anilines is 1. The van der Waals surface area contributed by atoms with Crippen molar-refractivity contribution in [3.05, 3.63) is 88.4 Å². The number of benzene rings is 3. The Morgan fingerprint density at radius 3 is 1.84 bits per heavy atom. The number of piperazine rings is 1. The van der Waals surface area contributed by atoms with Crippen LogP contribution in [-0.4, -0.2) is 64.7 Å². The summed E-state index contributed by atoms with van der Waals surface area (Å²) in [4.78, 5) is 15.1. The van der Waals surface area contributed by atoms with Crippen LogP contribution in [0.2, 0.25) is 5.02 Å². The summed E-state index contributed by atoms with van der Waals surface area (Å²) in [6.07, 6.45) is 0. The van der Waals surface area contributed by atoms with E-state index in [1.54, 1.807) is 55.5 Å². The highest BCUT2D eigenvalue weighted by Gasteiger charge is 2.33. The highest BCUT2D eigenvalue weighted by Crippen LogP contribution is 2.28. The zero-order valence-corrected chi connectivity index (χ0v) is 23.9. The van der Waals surface area contributed by atoms with E-state index in [0.717, 1.165) is 21.0 Å². The third-order valence-corrected chi connectivity index (χ3v) is 10.7. The van der Waals surface area contributed by atoms with E-state index in [-0.39, 0.29) is 41.7 Å². The summed E-state index contributed by atoms with van der Waals surface area (Å²) in [5.74, 6) is -0.426. The van der Waals surface area contributed by atoms with Gasteiger partial charge >= 0.3 is 0 Å². The topological polar surface area (TPSA) is 95.1 Å². The molecule has 0 aliphatic carbocycles. The first-order valence-electron chi connectivity index (χ1n) is 12.1. The van der Waals surface area contributed by atoms with Crippen LogP contribution in [0.4, 0.5) is 5.69 Å². The monoisotopic (exact) mass is 575 g/mol. The van der Waals surface area contributed by atoms with Crippen molar-refractivity contribution >= 4 is 43.2 Å². The third kappa shape index (κ3) is 5.88. The second-order valence-corrected chi connectivity index (χ2v) is 13.6. The predicted molar refractivity (Wildman–Crippen MR) is 148 cm³/mol. The van der Waals surface area contributed by atoms with Gasteiger partial charge in [0, 0.05) is 31.2 Å². The molecular formula is C27H30ClN3O5S2. The molecule has 0 spiro atoms. The average Bonchev–Trinajstić information content (AvgIpc) is 2.89. The van der Waals surface area contributed by atoms with Gasteiger partial charge in [0.05, 0.1) is 15.5 Å². The molecule has 0 bridgehead atoms. The van der Waals surface area contributed by atoms with Gasteiger partial charge in [0.25, 0.3) is 10.0 Å². The molecule has 1 saturated heterocycles. The van der Waals surface area contributed by atoms with Crippen molar-refractivity contribution in [2.45, 2.75) is 30.6 Å². The van der Waals surface area contributed by atoms with Crippen LogP contribution in [0.15, 0.2) is 76.5 Å². The van der Waals surface area contributed by atoms with Crippen molar-refractivity contribution in [2.24, 2.45) is 0 Å². The molecule has 0 saturated carbocycles.